The molecule has 106 valence electrons. The van der Waals surface area contributed by atoms with Crippen molar-refractivity contribution >= 4 is 16.5 Å². The van der Waals surface area contributed by atoms with Gasteiger partial charge in [0.1, 0.15) is 0 Å². The summed E-state index contributed by atoms with van der Waals surface area (Å²) in [5, 5.41) is 20.2. The fourth-order valence-corrected chi connectivity index (χ4v) is 2.59. The van der Waals surface area contributed by atoms with E-state index in [-0.39, 0.29) is 0 Å². The summed E-state index contributed by atoms with van der Waals surface area (Å²) in [4.78, 5) is 2.25. The normalized spacial score (nSPS) is 10.3. The van der Waals surface area contributed by atoms with Crippen molar-refractivity contribution in [2.24, 2.45) is 5.92 Å². The molecule has 0 amide bonds. The molecule has 3 nitrogen and oxygen atoms in total. The molecule has 2 aromatic carbocycles. The summed E-state index contributed by atoms with van der Waals surface area (Å²) in [5.74, 6) is 0.512. The highest BCUT2D eigenvalue weighted by Crippen LogP contribution is 2.30. The van der Waals surface area contributed by atoms with E-state index in [1.54, 1.807) is 0 Å². The molecular weight excluding hydrogens is 258 g/mol. The van der Waals surface area contributed by atoms with Crippen molar-refractivity contribution < 1.29 is 0 Å². The first-order chi connectivity index (χ1) is 10.2. The van der Waals surface area contributed by atoms with Crippen LogP contribution in [-0.2, 0) is 0 Å². The maximum Gasteiger partial charge on any atom is 0.0998 e. The van der Waals surface area contributed by atoms with Crippen LogP contribution in [0.25, 0.3) is 10.8 Å². The quantitative estimate of drug-likeness (QED) is 0.827. The lowest BCUT2D eigenvalue weighted by molar-refractivity contribution is 0.613. The van der Waals surface area contributed by atoms with E-state index in [1.807, 2.05) is 36.4 Å². The average Bonchev–Trinajstić information content (AvgIpc) is 2.50. The molecule has 0 aromatic heterocycles. The second-order valence-electron chi connectivity index (χ2n) is 5.54. The van der Waals surface area contributed by atoms with Crippen LogP contribution in [0, 0.1) is 28.6 Å². The van der Waals surface area contributed by atoms with Gasteiger partial charge in [-0.25, -0.2) is 0 Å². The first kappa shape index (κ1) is 14.9. The maximum absolute atomic E-state index is 9.25. The van der Waals surface area contributed by atoms with Crippen molar-refractivity contribution in [3.05, 3.63) is 42.0 Å². The molecule has 2 rings (SSSR count). The molecule has 0 saturated carbocycles. The third kappa shape index (κ3) is 3.33. The number of hydrogen-bond donors (Lipinski definition) is 0. The Balaban J connectivity index is 2.53. The van der Waals surface area contributed by atoms with Crippen LogP contribution in [0.3, 0.4) is 0 Å². The number of anilines is 1. The molecule has 3 heteroatoms. The SMILES string of the molecule is CC(C)CN(CCC#N)c1ccc(C#N)c2ccccc12. The average molecular weight is 277 g/mol. The van der Waals surface area contributed by atoms with Gasteiger partial charge < -0.3 is 4.90 Å². The van der Waals surface area contributed by atoms with Crippen LogP contribution in [0.1, 0.15) is 25.8 Å². The van der Waals surface area contributed by atoms with E-state index in [9.17, 15) is 5.26 Å². The zero-order valence-corrected chi connectivity index (χ0v) is 12.5. The summed E-state index contributed by atoms with van der Waals surface area (Å²) < 4.78 is 0. The zero-order chi connectivity index (χ0) is 15.2. The van der Waals surface area contributed by atoms with Gasteiger partial charge in [0, 0.05) is 29.5 Å². The Kier molecular flexibility index (Phi) is 4.80. The van der Waals surface area contributed by atoms with Crippen LogP contribution in [0.5, 0.6) is 0 Å². The summed E-state index contributed by atoms with van der Waals surface area (Å²) >= 11 is 0. The largest absolute Gasteiger partial charge is 0.370 e. The highest BCUT2D eigenvalue weighted by atomic mass is 15.1. The minimum Gasteiger partial charge on any atom is -0.370 e. The summed E-state index contributed by atoms with van der Waals surface area (Å²) in [6, 6.07) is 16.3. The molecule has 0 aliphatic carbocycles. The summed E-state index contributed by atoms with van der Waals surface area (Å²) in [7, 11) is 0. The lowest BCUT2D eigenvalue weighted by atomic mass is 10.0. The second-order valence-corrected chi connectivity index (χ2v) is 5.54. The molecule has 0 atom stereocenters. The minimum absolute atomic E-state index is 0.501. The van der Waals surface area contributed by atoms with Gasteiger partial charge in [0.2, 0.25) is 0 Å². The number of benzene rings is 2. The van der Waals surface area contributed by atoms with E-state index in [2.05, 4.69) is 30.9 Å². The van der Waals surface area contributed by atoms with Crippen molar-refractivity contribution in [3.8, 4) is 12.1 Å². The molecule has 2 aromatic rings. The molecule has 0 heterocycles. The predicted octanol–water partition coefficient (Wildman–Crippen LogP) is 4.09. The van der Waals surface area contributed by atoms with Gasteiger partial charge in [-0.05, 0) is 18.1 Å². The van der Waals surface area contributed by atoms with Gasteiger partial charge in [-0.1, -0.05) is 38.1 Å². The van der Waals surface area contributed by atoms with Crippen molar-refractivity contribution in [3.63, 3.8) is 0 Å². The molecule has 0 radical (unpaired) electrons. The molecule has 0 spiro atoms. The molecule has 0 fully saturated rings. The van der Waals surface area contributed by atoms with Gasteiger partial charge in [0.25, 0.3) is 0 Å². The predicted molar refractivity (Wildman–Crippen MR) is 85.9 cm³/mol. The Morgan fingerprint density at radius 3 is 2.38 bits per heavy atom. The highest BCUT2D eigenvalue weighted by Gasteiger charge is 2.13. The number of nitriles is 2. The minimum atomic E-state index is 0.501. The number of rotatable bonds is 5. The molecule has 0 aliphatic rings. The lowest BCUT2D eigenvalue weighted by Crippen LogP contribution is -2.28. The van der Waals surface area contributed by atoms with E-state index in [0.717, 1.165) is 23.0 Å². The van der Waals surface area contributed by atoms with Gasteiger partial charge in [-0.2, -0.15) is 10.5 Å². The highest BCUT2D eigenvalue weighted by molar-refractivity contribution is 5.97. The van der Waals surface area contributed by atoms with Gasteiger partial charge >= 0.3 is 0 Å². The topological polar surface area (TPSA) is 50.8 Å². The van der Waals surface area contributed by atoms with Gasteiger partial charge in [0.05, 0.1) is 24.1 Å². The maximum atomic E-state index is 9.25. The van der Waals surface area contributed by atoms with Crippen LogP contribution in [-0.4, -0.2) is 13.1 Å². The Hall–Kier alpha value is -2.52. The molecule has 0 bridgehead atoms. The monoisotopic (exact) mass is 277 g/mol. The fraction of sp³-hybridized carbons (Fsp3) is 0.333. The van der Waals surface area contributed by atoms with Gasteiger partial charge in [0.15, 0.2) is 0 Å². The van der Waals surface area contributed by atoms with Crippen LogP contribution in [0.2, 0.25) is 0 Å². The third-order valence-electron chi connectivity index (χ3n) is 3.44. The number of fused-ring (bicyclic) bond motifs is 1. The summed E-state index contributed by atoms with van der Waals surface area (Å²) in [5.41, 5.74) is 1.80. The number of nitrogens with zero attached hydrogens (tertiary/aromatic N) is 3. The Morgan fingerprint density at radius 2 is 1.76 bits per heavy atom. The number of hydrogen-bond acceptors (Lipinski definition) is 3. The van der Waals surface area contributed by atoms with Crippen LogP contribution >= 0.6 is 0 Å². The molecule has 0 aliphatic heterocycles. The molecule has 21 heavy (non-hydrogen) atoms. The van der Waals surface area contributed by atoms with Crippen molar-refractivity contribution in [1.82, 2.24) is 0 Å². The molecule has 0 saturated heterocycles. The van der Waals surface area contributed by atoms with E-state index < -0.39 is 0 Å². The Bertz CT molecular complexity index is 704. The Morgan fingerprint density at radius 1 is 1.05 bits per heavy atom. The first-order valence-corrected chi connectivity index (χ1v) is 7.21. The molecule has 0 N–H and O–H groups in total. The zero-order valence-electron chi connectivity index (χ0n) is 12.5. The fourth-order valence-electron chi connectivity index (χ4n) is 2.59. The van der Waals surface area contributed by atoms with Crippen LogP contribution in [0.4, 0.5) is 5.69 Å². The molecular formula is C18H19N3. The first-order valence-electron chi connectivity index (χ1n) is 7.21. The second kappa shape index (κ2) is 6.77. The van der Waals surface area contributed by atoms with Crippen LogP contribution < -0.4 is 4.90 Å². The van der Waals surface area contributed by atoms with Crippen molar-refractivity contribution in [2.45, 2.75) is 20.3 Å². The van der Waals surface area contributed by atoms with Crippen LogP contribution in [0.15, 0.2) is 36.4 Å². The lowest BCUT2D eigenvalue weighted by Gasteiger charge is -2.27. The van der Waals surface area contributed by atoms with Crippen molar-refractivity contribution in [2.75, 3.05) is 18.0 Å². The third-order valence-corrected chi connectivity index (χ3v) is 3.44. The molecule has 0 unspecified atom stereocenters. The van der Waals surface area contributed by atoms with E-state index in [0.29, 0.717) is 24.4 Å². The smallest absolute Gasteiger partial charge is 0.0998 e. The van der Waals surface area contributed by atoms with Crippen molar-refractivity contribution in [1.29, 1.82) is 10.5 Å². The van der Waals surface area contributed by atoms with E-state index in [4.69, 9.17) is 5.26 Å². The van der Waals surface area contributed by atoms with Gasteiger partial charge in [-0.3, -0.25) is 0 Å². The summed E-state index contributed by atoms with van der Waals surface area (Å²) in [6.07, 6.45) is 0.501. The Labute approximate surface area is 126 Å². The van der Waals surface area contributed by atoms with E-state index >= 15 is 0 Å². The van der Waals surface area contributed by atoms with Gasteiger partial charge in [-0.15, -0.1) is 0 Å². The van der Waals surface area contributed by atoms with E-state index in [1.165, 1.54) is 0 Å². The standard InChI is InChI=1S/C18H19N3/c1-14(2)13-21(11-5-10-19)18-9-8-15(12-20)16-6-3-4-7-17(16)18/h3-4,6-9,14H,5,11,13H2,1-2H3. The summed E-state index contributed by atoms with van der Waals surface area (Å²) in [6.45, 7) is 5.96.